The third-order valence-corrected chi connectivity index (χ3v) is 6.30. The molecule has 118 valence electrons. The first-order valence-electron chi connectivity index (χ1n) is 6.91. The number of sulfonamides is 1. The molecule has 0 bridgehead atoms. The van der Waals surface area contributed by atoms with Gasteiger partial charge in [0.05, 0.1) is 5.02 Å². The molecule has 0 spiro atoms. The smallest absolute Gasteiger partial charge is 0.242 e. The van der Waals surface area contributed by atoms with Gasteiger partial charge >= 0.3 is 0 Å². The van der Waals surface area contributed by atoms with Gasteiger partial charge in [-0.25, -0.2) is 13.1 Å². The van der Waals surface area contributed by atoms with Crippen molar-refractivity contribution in [1.82, 2.24) is 9.62 Å². The predicted octanol–water partition coefficient (Wildman–Crippen LogP) is 1.99. The first-order valence-corrected chi connectivity index (χ1v) is 8.77. The van der Waals surface area contributed by atoms with Gasteiger partial charge in [-0.1, -0.05) is 11.6 Å². The summed E-state index contributed by atoms with van der Waals surface area (Å²) in [5.74, 6) is 0. The summed E-state index contributed by atoms with van der Waals surface area (Å²) in [6, 6.07) is 3.00. The molecule has 0 saturated heterocycles. The van der Waals surface area contributed by atoms with E-state index in [1.807, 2.05) is 14.1 Å². The molecule has 1 aliphatic rings. The molecule has 0 aromatic heterocycles. The molecular formula is C14H22ClN3O2S. The quantitative estimate of drug-likeness (QED) is 0.809. The number of rotatable bonds is 5. The molecule has 1 aliphatic carbocycles. The van der Waals surface area contributed by atoms with E-state index in [4.69, 9.17) is 17.3 Å². The molecule has 7 heteroatoms. The van der Waals surface area contributed by atoms with Crippen molar-refractivity contribution in [3.63, 3.8) is 0 Å². The average Bonchev–Trinajstić information content (AvgIpc) is 2.31. The van der Waals surface area contributed by atoms with Crippen LogP contribution < -0.4 is 10.5 Å². The van der Waals surface area contributed by atoms with E-state index >= 15 is 0 Å². The maximum atomic E-state index is 12.5. The van der Waals surface area contributed by atoms with E-state index in [1.165, 1.54) is 6.07 Å². The molecule has 1 aromatic carbocycles. The fraction of sp³-hybridized carbons (Fsp3) is 0.571. The van der Waals surface area contributed by atoms with Crippen LogP contribution in [0, 0.1) is 6.92 Å². The largest absolute Gasteiger partial charge is 0.398 e. The Morgan fingerprint density at radius 1 is 1.38 bits per heavy atom. The second kappa shape index (κ2) is 5.76. The van der Waals surface area contributed by atoms with Gasteiger partial charge < -0.3 is 10.6 Å². The van der Waals surface area contributed by atoms with Gasteiger partial charge in [0.2, 0.25) is 10.0 Å². The number of benzene rings is 1. The van der Waals surface area contributed by atoms with Crippen LogP contribution >= 0.6 is 11.6 Å². The van der Waals surface area contributed by atoms with Gasteiger partial charge in [0.1, 0.15) is 4.90 Å². The van der Waals surface area contributed by atoms with Crippen LogP contribution in [0.4, 0.5) is 5.69 Å². The van der Waals surface area contributed by atoms with E-state index in [9.17, 15) is 8.42 Å². The number of anilines is 1. The highest BCUT2D eigenvalue weighted by molar-refractivity contribution is 7.89. The van der Waals surface area contributed by atoms with E-state index in [2.05, 4.69) is 9.62 Å². The fourth-order valence-electron chi connectivity index (χ4n) is 2.55. The minimum absolute atomic E-state index is 0.0421. The molecule has 0 heterocycles. The zero-order chi connectivity index (χ0) is 15.8. The van der Waals surface area contributed by atoms with Gasteiger partial charge in [0.25, 0.3) is 0 Å². The van der Waals surface area contributed by atoms with Crippen LogP contribution in [-0.4, -0.2) is 39.5 Å². The van der Waals surface area contributed by atoms with Crippen molar-refractivity contribution in [3.05, 3.63) is 22.7 Å². The van der Waals surface area contributed by atoms with Crippen LogP contribution in [0.15, 0.2) is 17.0 Å². The summed E-state index contributed by atoms with van der Waals surface area (Å²) in [6.45, 7) is 2.17. The second-order valence-electron chi connectivity index (χ2n) is 5.94. The maximum Gasteiger partial charge on any atom is 0.242 e. The van der Waals surface area contributed by atoms with Crippen molar-refractivity contribution < 1.29 is 8.42 Å². The van der Waals surface area contributed by atoms with Crippen molar-refractivity contribution in [2.24, 2.45) is 0 Å². The first kappa shape index (κ1) is 16.5. The molecule has 1 fully saturated rings. The lowest BCUT2D eigenvalue weighted by Gasteiger charge is -2.47. The van der Waals surface area contributed by atoms with Gasteiger partial charge in [-0.3, -0.25) is 0 Å². The molecule has 5 nitrogen and oxygen atoms in total. The van der Waals surface area contributed by atoms with Crippen LogP contribution in [-0.2, 0) is 10.0 Å². The highest BCUT2D eigenvalue weighted by Gasteiger charge is 2.40. The van der Waals surface area contributed by atoms with E-state index < -0.39 is 10.0 Å². The highest BCUT2D eigenvalue weighted by atomic mass is 35.5. The minimum atomic E-state index is -3.66. The van der Waals surface area contributed by atoms with Crippen LogP contribution in [0.5, 0.6) is 0 Å². The molecule has 0 radical (unpaired) electrons. The topological polar surface area (TPSA) is 75.4 Å². The highest BCUT2D eigenvalue weighted by Crippen LogP contribution is 2.36. The normalized spacial score (nSPS) is 17.8. The lowest BCUT2D eigenvalue weighted by molar-refractivity contribution is 0.0657. The lowest BCUT2D eigenvalue weighted by atomic mass is 9.76. The maximum absolute atomic E-state index is 12.5. The van der Waals surface area contributed by atoms with Gasteiger partial charge in [0.15, 0.2) is 0 Å². The Morgan fingerprint density at radius 2 is 2.00 bits per heavy atom. The van der Waals surface area contributed by atoms with Crippen molar-refractivity contribution in [1.29, 1.82) is 0 Å². The third-order valence-electron chi connectivity index (χ3n) is 4.43. The standard InChI is InChI=1S/C14H22ClN3O2S/c1-10-7-11(15)13(8-12(10)16)21(19,20)17-9-14(18(2)3)5-4-6-14/h7-8,17H,4-6,9,16H2,1-3H3. The summed E-state index contributed by atoms with van der Waals surface area (Å²) in [7, 11) is 0.291. The van der Waals surface area contributed by atoms with Crippen LogP contribution in [0.2, 0.25) is 5.02 Å². The summed E-state index contributed by atoms with van der Waals surface area (Å²) >= 11 is 6.06. The number of nitrogens with zero attached hydrogens (tertiary/aromatic N) is 1. The number of nitrogen functional groups attached to an aromatic ring is 1. The molecule has 21 heavy (non-hydrogen) atoms. The van der Waals surface area contributed by atoms with E-state index in [1.54, 1.807) is 13.0 Å². The third kappa shape index (κ3) is 3.18. The van der Waals surface area contributed by atoms with Crippen LogP contribution in [0.25, 0.3) is 0 Å². The first-order chi connectivity index (χ1) is 9.68. The monoisotopic (exact) mass is 331 g/mol. The Kier molecular flexibility index (Phi) is 4.54. The van der Waals surface area contributed by atoms with Gasteiger partial charge in [-0.15, -0.1) is 0 Å². The van der Waals surface area contributed by atoms with E-state index in [0.29, 0.717) is 12.2 Å². The molecule has 0 amide bonds. The summed E-state index contributed by atoms with van der Waals surface area (Å²) in [5.41, 5.74) is 6.90. The Labute approximate surface area is 131 Å². The van der Waals surface area contributed by atoms with Crippen molar-refractivity contribution in [3.8, 4) is 0 Å². The summed E-state index contributed by atoms with van der Waals surface area (Å²) < 4.78 is 27.6. The molecule has 0 atom stereocenters. The number of likely N-dealkylation sites (N-methyl/N-ethyl adjacent to an activating group) is 1. The summed E-state index contributed by atoms with van der Waals surface area (Å²) in [6.07, 6.45) is 3.11. The lowest BCUT2D eigenvalue weighted by Crippen LogP contribution is -2.57. The molecule has 3 N–H and O–H groups in total. The summed E-state index contributed by atoms with van der Waals surface area (Å²) in [4.78, 5) is 2.13. The van der Waals surface area contributed by atoms with Crippen LogP contribution in [0.1, 0.15) is 24.8 Å². The average molecular weight is 332 g/mol. The predicted molar refractivity (Wildman–Crippen MR) is 86.1 cm³/mol. The molecule has 2 rings (SSSR count). The summed E-state index contributed by atoms with van der Waals surface area (Å²) in [5, 5.41) is 0.196. The zero-order valence-corrected chi connectivity index (χ0v) is 14.2. The number of hydrogen-bond donors (Lipinski definition) is 2. The van der Waals surface area contributed by atoms with Crippen molar-refractivity contribution in [2.75, 3.05) is 26.4 Å². The fourth-order valence-corrected chi connectivity index (χ4v) is 4.28. The van der Waals surface area contributed by atoms with Gasteiger partial charge in [-0.2, -0.15) is 0 Å². The van der Waals surface area contributed by atoms with Crippen molar-refractivity contribution in [2.45, 2.75) is 36.6 Å². The Hall–Kier alpha value is -0.820. The van der Waals surface area contributed by atoms with E-state index in [0.717, 1.165) is 24.8 Å². The van der Waals surface area contributed by atoms with Crippen molar-refractivity contribution >= 4 is 27.3 Å². The molecular weight excluding hydrogens is 310 g/mol. The molecule has 1 saturated carbocycles. The number of hydrogen-bond acceptors (Lipinski definition) is 4. The van der Waals surface area contributed by atoms with Crippen LogP contribution in [0.3, 0.4) is 0 Å². The Morgan fingerprint density at radius 3 is 2.48 bits per heavy atom. The van der Waals surface area contributed by atoms with Gasteiger partial charge in [0, 0.05) is 17.8 Å². The second-order valence-corrected chi connectivity index (χ2v) is 8.08. The SMILES string of the molecule is Cc1cc(Cl)c(S(=O)(=O)NCC2(N(C)C)CCC2)cc1N. The Bertz CT molecular complexity index is 640. The molecule has 0 aliphatic heterocycles. The minimum Gasteiger partial charge on any atom is -0.398 e. The number of aryl methyl sites for hydroxylation is 1. The van der Waals surface area contributed by atoms with E-state index in [-0.39, 0.29) is 15.5 Å². The number of nitrogens with one attached hydrogen (secondary N) is 1. The molecule has 1 aromatic rings. The Balaban J connectivity index is 2.21. The molecule has 0 unspecified atom stereocenters. The van der Waals surface area contributed by atoms with Gasteiger partial charge in [-0.05, 0) is 58.0 Å². The number of nitrogens with two attached hydrogens (primary N) is 1. The zero-order valence-electron chi connectivity index (χ0n) is 12.6. The number of halogens is 1.